The van der Waals surface area contributed by atoms with Crippen molar-refractivity contribution in [3.05, 3.63) is 59.8 Å². The van der Waals surface area contributed by atoms with Gasteiger partial charge in [-0.3, -0.25) is 4.79 Å². The van der Waals surface area contributed by atoms with Crippen LogP contribution in [-0.4, -0.2) is 52.7 Å². The van der Waals surface area contributed by atoms with Gasteiger partial charge < -0.3 is 19.5 Å². The highest BCUT2D eigenvalue weighted by Gasteiger charge is 2.40. The Morgan fingerprint density at radius 1 is 1.27 bits per heavy atom. The highest BCUT2D eigenvalue weighted by Crippen LogP contribution is 2.23. The summed E-state index contributed by atoms with van der Waals surface area (Å²) in [7, 11) is 1.51. The van der Waals surface area contributed by atoms with E-state index in [1.54, 1.807) is 6.07 Å². The van der Waals surface area contributed by atoms with E-state index in [4.69, 9.17) is 9.47 Å². The van der Waals surface area contributed by atoms with Gasteiger partial charge >= 0.3 is 5.97 Å². The van der Waals surface area contributed by atoms with E-state index in [-0.39, 0.29) is 25.0 Å². The molecule has 136 valence electrons. The number of aromatic nitrogens is 1. The van der Waals surface area contributed by atoms with Crippen molar-refractivity contribution in [1.29, 1.82) is 0 Å². The lowest BCUT2D eigenvalue weighted by atomic mass is 10.2. The van der Waals surface area contributed by atoms with E-state index in [1.807, 2.05) is 30.3 Å². The van der Waals surface area contributed by atoms with E-state index in [1.165, 1.54) is 24.3 Å². The van der Waals surface area contributed by atoms with Crippen LogP contribution >= 0.6 is 0 Å². The van der Waals surface area contributed by atoms with Crippen LogP contribution < -0.4 is 4.74 Å². The largest absolute Gasteiger partial charge is 0.480 e. The van der Waals surface area contributed by atoms with Crippen LogP contribution in [0.1, 0.15) is 22.3 Å². The van der Waals surface area contributed by atoms with Gasteiger partial charge in [0, 0.05) is 37.9 Å². The molecule has 1 saturated heterocycles. The number of hydrogen-bond donors (Lipinski definition) is 1. The van der Waals surface area contributed by atoms with Crippen molar-refractivity contribution in [3.63, 3.8) is 0 Å². The normalized spacial score (nSPS) is 19.3. The maximum absolute atomic E-state index is 12.8. The van der Waals surface area contributed by atoms with Crippen molar-refractivity contribution >= 4 is 11.9 Å². The molecular formula is C19H20N2O5. The van der Waals surface area contributed by atoms with Crippen LogP contribution in [0, 0.1) is 0 Å². The second kappa shape index (κ2) is 7.97. The second-order valence-electron chi connectivity index (χ2n) is 6.06. The number of carboxylic acid groups (broad SMARTS) is 1. The molecule has 1 fully saturated rings. The quantitative estimate of drug-likeness (QED) is 0.851. The number of pyridine rings is 1. The van der Waals surface area contributed by atoms with Crippen LogP contribution in [-0.2, 0) is 16.1 Å². The fourth-order valence-corrected chi connectivity index (χ4v) is 2.95. The Labute approximate surface area is 151 Å². The Morgan fingerprint density at radius 3 is 2.73 bits per heavy atom. The Kier molecular flexibility index (Phi) is 5.48. The molecule has 1 N–H and O–H groups in total. The van der Waals surface area contributed by atoms with Gasteiger partial charge in [-0.15, -0.1) is 0 Å². The second-order valence-corrected chi connectivity index (χ2v) is 6.06. The number of carbonyl (C=O) groups excluding carboxylic acids is 1. The standard InChI is InChI=1S/C19H20N2O5/c1-25-15-10-16(19(23)24)21(11-15)18(22)14-7-8-20-17(9-14)26-12-13-5-3-2-4-6-13/h2-9,15-16H,10-12H2,1H3,(H,23,24). The number of benzene rings is 1. The first kappa shape index (κ1) is 17.9. The maximum Gasteiger partial charge on any atom is 0.326 e. The van der Waals surface area contributed by atoms with Crippen LogP contribution in [0.4, 0.5) is 0 Å². The molecule has 2 unspecified atom stereocenters. The summed E-state index contributed by atoms with van der Waals surface area (Å²) in [6.45, 7) is 0.577. The molecule has 0 spiro atoms. The number of nitrogens with zero attached hydrogens (tertiary/aromatic N) is 2. The fourth-order valence-electron chi connectivity index (χ4n) is 2.95. The van der Waals surface area contributed by atoms with Crippen molar-refractivity contribution < 1.29 is 24.2 Å². The van der Waals surface area contributed by atoms with Gasteiger partial charge in [0.1, 0.15) is 12.6 Å². The molecule has 1 aromatic heterocycles. The molecule has 2 aromatic rings. The van der Waals surface area contributed by atoms with Crippen molar-refractivity contribution in [2.45, 2.75) is 25.2 Å². The van der Waals surface area contributed by atoms with Gasteiger partial charge in [0.05, 0.1) is 6.10 Å². The number of carbonyl (C=O) groups is 2. The van der Waals surface area contributed by atoms with Gasteiger partial charge in [-0.1, -0.05) is 30.3 Å². The molecule has 1 amide bonds. The van der Waals surface area contributed by atoms with E-state index in [9.17, 15) is 14.7 Å². The van der Waals surface area contributed by atoms with Gasteiger partial charge in [0.2, 0.25) is 5.88 Å². The smallest absolute Gasteiger partial charge is 0.326 e. The zero-order valence-electron chi connectivity index (χ0n) is 14.4. The predicted molar refractivity (Wildman–Crippen MR) is 92.9 cm³/mol. The van der Waals surface area contributed by atoms with E-state index < -0.39 is 12.0 Å². The highest BCUT2D eigenvalue weighted by molar-refractivity contribution is 5.97. The Hall–Kier alpha value is -2.93. The highest BCUT2D eigenvalue weighted by atomic mass is 16.5. The number of carboxylic acids is 1. The monoisotopic (exact) mass is 356 g/mol. The minimum atomic E-state index is -1.03. The van der Waals surface area contributed by atoms with E-state index in [2.05, 4.69) is 4.98 Å². The van der Waals surface area contributed by atoms with Crippen LogP contribution in [0.2, 0.25) is 0 Å². The third-order valence-electron chi connectivity index (χ3n) is 4.35. The lowest BCUT2D eigenvalue weighted by Gasteiger charge is -2.21. The number of amides is 1. The average Bonchev–Trinajstić information content (AvgIpc) is 3.12. The molecule has 7 nitrogen and oxygen atoms in total. The summed E-state index contributed by atoms with van der Waals surface area (Å²) in [5, 5.41) is 9.37. The number of hydrogen-bond acceptors (Lipinski definition) is 5. The minimum absolute atomic E-state index is 0.245. The Morgan fingerprint density at radius 2 is 2.04 bits per heavy atom. The summed E-state index contributed by atoms with van der Waals surface area (Å²) >= 11 is 0. The van der Waals surface area contributed by atoms with Crippen LogP contribution in [0.25, 0.3) is 0 Å². The number of aliphatic carboxylic acids is 1. The topological polar surface area (TPSA) is 89.0 Å². The van der Waals surface area contributed by atoms with Crippen molar-refractivity contribution in [1.82, 2.24) is 9.88 Å². The molecule has 0 bridgehead atoms. The SMILES string of the molecule is COC1CC(C(=O)O)N(C(=O)c2ccnc(OCc3ccccc3)c2)C1. The van der Waals surface area contributed by atoms with Crippen molar-refractivity contribution in [2.24, 2.45) is 0 Å². The first-order valence-corrected chi connectivity index (χ1v) is 8.28. The molecular weight excluding hydrogens is 336 g/mol. The number of rotatable bonds is 6. The van der Waals surface area contributed by atoms with Crippen molar-refractivity contribution in [3.8, 4) is 5.88 Å². The molecule has 26 heavy (non-hydrogen) atoms. The first-order chi connectivity index (χ1) is 12.6. The molecule has 7 heteroatoms. The summed E-state index contributed by atoms with van der Waals surface area (Å²) in [5.41, 5.74) is 1.32. The van der Waals surface area contributed by atoms with Gasteiger partial charge in [-0.25, -0.2) is 9.78 Å². The fraction of sp³-hybridized carbons (Fsp3) is 0.316. The maximum atomic E-state index is 12.8. The Bertz CT molecular complexity index is 781. The van der Waals surface area contributed by atoms with Gasteiger partial charge in [-0.05, 0) is 11.6 Å². The third kappa shape index (κ3) is 4.00. The zero-order chi connectivity index (χ0) is 18.5. The molecule has 1 aromatic carbocycles. The lowest BCUT2D eigenvalue weighted by molar-refractivity contribution is -0.141. The first-order valence-electron chi connectivity index (χ1n) is 8.28. The lowest BCUT2D eigenvalue weighted by Crippen LogP contribution is -2.40. The van der Waals surface area contributed by atoms with E-state index >= 15 is 0 Å². The summed E-state index contributed by atoms with van der Waals surface area (Å²) in [4.78, 5) is 29.7. The summed E-state index contributed by atoms with van der Waals surface area (Å²) in [6, 6.07) is 11.8. The molecule has 0 saturated carbocycles. The third-order valence-corrected chi connectivity index (χ3v) is 4.35. The molecule has 1 aliphatic heterocycles. The summed E-state index contributed by atoms with van der Waals surface area (Å²) in [5.74, 6) is -1.09. The number of methoxy groups -OCH3 is 1. The molecule has 1 aliphatic rings. The van der Waals surface area contributed by atoms with Crippen LogP contribution in [0.5, 0.6) is 5.88 Å². The van der Waals surface area contributed by atoms with Crippen LogP contribution in [0.15, 0.2) is 48.7 Å². The predicted octanol–water partition coefficient (Wildman–Crippen LogP) is 1.97. The van der Waals surface area contributed by atoms with Crippen molar-refractivity contribution in [2.75, 3.05) is 13.7 Å². The molecule has 2 heterocycles. The Balaban J connectivity index is 1.72. The summed E-state index contributed by atoms with van der Waals surface area (Å²) < 4.78 is 10.9. The number of likely N-dealkylation sites (tertiary alicyclic amines) is 1. The van der Waals surface area contributed by atoms with Gasteiger partial charge in [-0.2, -0.15) is 0 Å². The zero-order valence-corrected chi connectivity index (χ0v) is 14.4. The number of ether oxygens (including phenoxy) is 2. The molecule has 0 radical (unpaired) electrons. The van der Waals surface area contributed by atoms with Gasteiger partial charge in [0.15, 0.2) is 0 Å². The van der Waals surface area contributed by atoms with E-state index in [0.29, 0.717) is 18.1 Å². The molecule has 0 aliphatic carbocycles. The average molecular weight is 356 g/mol. The minimum Gasteiger partial charge on any atom is -0.480 e. The summed E-state index contributed by atoms with van der Waals surface area (Å²) in [6.07, 6.45) is 1.48. The van der Waals surface area contributed by atoms with E-state index in [0.717, 1.165) is 5.56 Å². The van der Waals surface area contributed by atoms with Gasteiger partial charge in [0.25, 0.3) is 5.91 Å². The van der Waals surface area contributed by atoms with Crippen LogP contribution in [0.3, 0.4) is 0 Å². The molecule has 3 rings (SSSR count). The molecule has 2 atom stereocenters.